The smallest absolute Gasteiger partial charge is 0.257 e. The molecule has 0 spiro atoms. The van der Waals surface area contributed by atoms with Crippen LogP contribution < -0.4 is 10.5 Å². The molecule has 1 amide bonds. The van der Waals surface area contributed by atoms with E-state index in [1.165, 1.54) is 7.11 Å². The molecule has 0 saturated carbocycles. The quantitative estimate of drug-likeness (QED) is 0.656. The standard InChI is InChI=1S/C20H21ClN2O3/c1-26-18-12-17(22)16(21)11-15(18)20(25)23-9-7-14(8-10-23)19(24)13-5-3-2-4-6-13/h2-6,11-12,14H,7-10,22H2,1H3. The largest absolute Gasteiger partial charge is 0.496 e. The number of amides is 1. The summed E-state index contributed by atoms with van der Waals surface area (Å²) < 4.78 is 5.27. The predicted octanol–water partition coefficient (Wildman–Crippen LogP) is 3.67. The number of ketones is 1. The number of methoxy groups -OCH3 is 1. The number of anilines is 1. The van der Waals surface area contributed by atoms with Crippen molar-refractivity contribution in [2.24, 2.45) is 5.92 Å². The summed E-state index contributed by atoms with van der Waals surface area (Å²) in [5.41, 5.74) is 7.26. The van der Waals surface area contributed by atoms with Crippen LogP contribution in [0.5, 0.6) is 5.75 Å². The maximum absolute atomic E-state index is 12.9. The number of nitrogen functional groups attached to an aromatic ring is 1. The molecule has 1 aliphatic heterocycles. The first-order valence-electron chi connectivity index (χ1n) is 8.52. The number of carbonyl (C=O) groups excluding carboxylic acids is 2. The van der Waals surface area contributed by atoms with Crippen molar-refractivity contribution >= 4 is 29.0 Å². The van der Waals surface area contributed by atoms with Gasteiger partial charge in [0.05, 0.1) is 23.4 Å². The van der Waals surface area contributed by atoms with Crippen molar-refractivity contribution in [1.82, 2.24) is 4.90 Å². The Balaban J connectivity index is 1.69. The average molecular weight is 373 g/mol. The van der Waals surface area contributed by atoms with E-state index in [0.29, 0.717) is 48.0 Å². The summed E-state index contributed by atoms with van der Waals surface area (Å²) in [6, 6.07) is 12.4. The van der Waals surface area contributed by atoms with Crippen molar-refractivity contribution < 1.29 is 14.3 Å². The Hall–Kier alpha value is -2.53. The third-order valence-corrected chi connectivity index (χ3v) is 5.09. The fraction of sp³-hybridized carbons (Fsp3) is 0.300. The van der Waals surface area contributed by atoms with Crippen molar-refractivity contribution in [2.75, 3.05) is 25.9 Å². The SMILES string of the molecule is COc1cc(N)c(Cl)cc1C(=O)N1CCC(C(=O)c2ccccc2)CC1. The van der Waals surface area contributed by atoms with Crippen LogP contribution in [0.1, 0.15) is 33.6 Å². The Kier molecular flexibility index (Phi) is 5.47. The van der Waals surface area contributed by atoms with Gasteiger partial charge in [-0.1, -0.05) is 41.9 Å². The summed E-state index contributed by atoms with van der Waals surface area (Å²) in [6.45, 7) is 1.04. The van der Waals surface area contributed by atoms with Crippen molar-refractivity contribution in [1.29, 1.82) is 0 Å². The van der Waals surface area contributed by atoms with Crippen LogP contribution in [0, 0.1) is 5.92 Å². The number of hydrogen-bond acceptors (Lipinski definition) is 4. The van der Waals surface area contributed by atoms with Gasteiger partial charge in [0.15, 0.2) is 5.78 Å². The summed E-state index contributed by atoms with van der Waals surface area (Å²) in [5.74, 6) is 0.331. The molecule has 0 radical (unpaired) electrons. The van der Waals surface area contributed by atoms with Crippen LogP contribution in [0.2, 0.25) is 5.02 Å². The molecule has 136 valence electrons. The first-order valence-corrected chi connectivity index (χ1v) is 8.90. The second-order valence-corrected chi connectivity index (χ2v) is 6.78. The molecule has 1 heterocycles. The number of likely N-dealkylation sites (tertiary alicyclic amines) is 1. The number of halogens is 1. The number of Topliss-reactive ketones (excluding diaryl/α,β-unsaturated/α-hetero) is 1. The van der Waals surface area contributed by atoms with Gasteiger partial charge in [0.2, 0.25) is 0 Å². The number of nitrogens with zero attached hydrogens (tertiary/aromatic N) is 1. The molecule has 1 fully saturated rings. The summed E-state index contributed by atoms with van der Waals surface area (Å²) in [6.07, 6.45) is 1.29. The van der Waals surface area contributed by atoms with Crippen LogP contribution in [-0.4, -0.2) is 36.8 Å². The van der Waals surface area contributed by atoms with E-state index < -0.39 is 0 Å². The summed E-state index contributed by atoms with van der Waals surface area (Å²) in [4.78, 5) is 27.2. The fourth-order valence-electron chi connectivity index (χ4n) is 3.26. The molecule has 1 saturated heterocycles. The van der Waals surface area contributed by atoms with Gasteiger partial charge in [0, 0.05) is 30.6 Å². The van der Waals surface area contributed by atoms with Gasteiger partial charge in [-0.25, -0.2) is 0 Å². The van der Waals surface area contributed by atoms with Gasteiger partial charge in [-0.05, 0) is 18.9 Å². The van der Waals surface area contributed by atoms with Crippen molar-refractivity contribution in [3.63, 3.8) is 0 Å². The third-order valence-electron chi connectivity index (χ3n) is 4.76. The van der Waals surface area contributed by atoms with E-state index in [1.54, 1.807) is 17.0 Å². The van der Waals surface area contributed by atoms with Gasteiger partial charge in [-0.3, -0.25) is 9.59 Å². The molecule has 3 rings (SSSR count). The molecule has 26 heavy (non-hydrogen) atoms. The minimum atomic E-state index is -0.158. The number of hydrogen-bond donors (Lipinski definition) is 1. The highest BCUT2D eigenvalue weighted by atomic mass is 35.5. The lowest BCUT2D eigenvalue weighted by molar-refractivity contribution is 0.0647. The van der Waals surface area contributed by atoms with Gasteiger partial charge in [-0.15, -0.1) is 0 Å². The number of ether oxygens (including phenoxy) is 1. The molecular weight excluding hydrogens is 352 g/mol. The maximum Gasteiger partial charge on any atom is 0.257 e. The van der Waals surface area contributed by atoms with Gasteiger partial charge in [0.1, 0.15) is 5.75 Å². The zero-order valence-corrected chi connectivity index (χ0v) is 15.3. The Morgan fingerprint density at radius 3 is 2.42 bits per heavy atom. The van der Waals surface area contributed by atoms with Crippen LogP contribution in [0.3, 0.4) is 0 Å². The van der Waals surface area contributed by atoms with Crippen LogP contribution in [-0.2, 0) is 0 Å². The van der Waals surface area contributed by atoms with E-state index in [4.69, 9.17) is 22.1 Å². The van der Waals surface area contributed by atoms with Crippen molar-refractivity contribution in [3.8, 4) is 5.75 Å². The van der Waals surface area contributed by atoms with Crippen molar-refractivity contribution in [2.45, 2.75) is 12.8 Å². The highest BCUT2D eigenvalue weighted by Crippen LogP contribution is 2.31. The van der Waals surface area contributed by atoms with Gasteiger partial charge >= 0.3 is 0 Å². The van der Waals surface area contributed by atoms with Crippen molar-refractivity contribution in [3.05, 3.63) is 58.6 Å². The fourth-order valence-corrected chi connectivity index (χ4v) is 3.42. The summed E-state index contributed by atoms with van der Waals surface area (Å²) >= 11 is 6.06. The Labute approximate surface area is 157 Å². The molecular formula is C20H21ClN2O3. The zero-order chi connectivity index (χ0) is 18.7. The molecule has 0 aliphatic carbocycles. The molecule has 2 aromatic carbocycles. The highest BCUT2D eigenvalue weighted by molar-refractivity contribution is 6.33. The number of piperidine rings is 1. The normalized spacial score (nSPS) is 14.9. The number of benzene rings is 2. The molecule has 6 heteroatoms. The van der Waals surface area contributed by atoms with Crippen LogP contribution in [0.25, 0.3) is 0 Å². The maximum atomic E-state index is 12.9. The summed E-state index contributed by atoms with van der Waals surface area (Å²) in [5, 5.41) is 0.322. The van der Waals surface area contributed by atoms with Gasteiger partial charge in [0.25, 0.3) is 5.91 Å². The Morgan fingerprint density at radius 2 is 1.81 bits per heavy atom. The number of carbonyl (C=O) groups is 2. The van der Waals surface area contributed by atoms with Crippen LogP contribution in [0.15, 0.2) is 42.5 Å². The lowest BCUT2D eigenvalue weighted by Gasteiger charge is -2.31. The van der Waals surface area contributed by atoms with E-state index in [9.17, 15) is 9.59 Å². The third kappa shape index (κ3) is 3.68. The van der Waals surface area contributed by atoms with Gasteiger partial charge in [-0.2, -0.15) is 0 Å². The van der Waals surface area contributed by atoms with E-state index in [2.05, 4.69) is 0 Å². The minimum Gasteiger partial charge on any atom is -0.496 e. The second kappa shape index (κ2) is 7.79. The Bertz CT molecular complexity index is 815. The predicted molar refractivity (Wildman–Crippen MR) is 102 cm³/mol. The lowest BCUT2D eigenvalue weighted by Crippen LogP contribution is -2.40. The Morgan fingerprint density at radius 1 is 1.15 bits per heavy atom. The van der Waals surface area contributed by atoms with E-state index >= 15 is 0 Å². The van der Waals surface area contributed by atoms with E-state index in [1.807, 2.05) is 30.3 Å². The molecule has 0 aromatic heterocycles. The number of rotatable bonds is 4. The molecule has 5 nitrogen and oxygen atoms in total. The highest BCUT2D eigenvalue weighted by Gasteiger charge is 2.29. The first kappa shape index (κ1) is 18.3. The molecule has 2 N–H and O–H groups in total. The lowest BCUT2D eigenvalue weighted by atomic mass is 9.88. The average Bonchev–Trinajstić information content (AvgIpc) is 2.69. The van der Waals surface area contributed by atoms with Crippen LogP contribution >= 0.6 is 11.6 Å². The zero-order valence-electron chi connectivity index (χ0n) is 14.6. The van der Waals surface area contributed by atoms with Crippen LogP contribution in [0.4, 0.5) is 5.69 Å². The molecule has 0 bridgehead atoms. The monoisotopic (exact) mass is 372 g/mol. The first-order chi connectivity index (χ1) is 12.5. The molecule has 0 atom stereocenters. The van der Waals surface area contributed by atoms with Gasteiger partial charge < -0.3 is 15.4 Å². The number of nitrogens with two attached hydrogens (primary N) is 1. The second-order valence-electron chi connectivity index (χ2n) is 6.37. The molecule has 1 aliphatic rings. The van der Waals surface area contributed by atoms with E-state index in [0.717, 1.165) is 5.56 Å². The summed E-state index contributed by atoms with van der Waals surface area (Å²) in [7, 11) is 1.49. The topological polar surface area (TPSA) is 72.6 Å². The molecule has 0 unspecified atom stereocenters. The minimum absolute atomic E-state index is 0.0571. The molecule has 2 aromatic rings. The van der Waals surface area contributed by atoms with E-state index in [-0.39, 0.29) is 17.6 Å².